The normalized spacial score (nSPS) is 16.5. The standard InChI is InChI=1S/C19H21FN2O5S/c1-28(25,26)16-6-7-17(18(12-16)22(23)24)21-13-19(8-10-27-11-9-19)14-2-4-15(20)5-3-14/h2-7,12,21H,8-11,13H2,1H3. The topological polar surface area (TPSA) is 98.5 Å². The van der Waals surface area contributed by atoms with Gasteiger partial charge in [-0.15, -0.1) is 0 Å². The quantitative estimate of drug-likeness (QED) is 0.582. The molecule has 0 bridgehead atoms. The van der Waals surface area contributed by atoms with Gasteiger partial charge in [-0.25, -0.2) is 12.8 Å². The van der Waals surface area contributed by atoms with Crippen molar-refractivity contribution in [1.82, 2.24) is 0 Å². The number of hydrogen-bond donors (Lipinski definition) is 1. The molecule has 150 valence electrons. The van der Waals surface area contributed by atoms with Gasteiger partial charge in [0.05, 0.1) is 9.82 Å². The van der Waals surface area contributed by atoms with E-state index in [1.807, 2.05) is 0 Å². The van der Waals surface area contributed by atoms with Gasteiger partial charge in [0.15, 0.2) is 9.84 Å². The van der Waals surface area contributed by atoms with Crippen molar-refractivity contribution in [3.8, 4) is 0 Å². The van der Waals surface area contributed by atoms with E-state index in [0.717, 1.165) is 17.9 Å². The van der Waals surface area contributed by atoms with Gasteiger partial charge < -0.3 is 10.1 Å². The molecule has 1 aliphatic rings. The van der Waals surface area contributed by atoms with E-state index in [9.17, 15) is 22.9 Å². The van der Waals surface area contributed by atoms with Crippen LogP contribution in [0.4, 0.5) is 15.8 Å². The van der Waals surface area contributed by atoms with Crippen molar-refractivity contribution in [2.45, 2.75) is 23.2 Å². The highest BCUT2D eigenvalue weighted by molar-refractivity contribution is 7.90. The van der Waals surface area contributed by atoms with E-state index >= 15 is 0 Å². The number of nitrogens with one attached hydrogen (secondary N) is 1. The van der Waals surface area contributed by atoms with Gasteiger partial charge in [-0.2, -0.15) is 0 Å². The molecule has 0 aromatic heterocycles. The molecule has 2 aromatic carbocycles. The SMILES string of the molecule is CS(=O)(=O)c1ccc(NCC2(c3ccc(F)cc3)CCOCC2)c([N+](=O)[O-])c1. The minimum Gasteiger partial charge on any atom is -0.381 e. The van der Waals surface area contributed by atoms with Crippen molar-refractivity contribution in [2.75, 3.05) is 31.3 Å². The van der Waals surface area contributed by atoms with E-state index in [4.69, 9.17) is 4.74 Å². The number of ether oxygens (including phenoxy) is 1. The largest absolute Gasteiger partial charge is 0.381 e. The smallest absolute Gasteiger partial charge is 0.293 e. The third kappa shape index (κ3) is 4.31. The lowest BCUT2D eigenvalue weighted by Crippen LogP contribution is -2.40. The first-order valence-electron chi connectivity index (χ1n) is 8.77. The van der Waals surface area contributed by atoms with Gasteiger partial charge in [0.2, 0.25) is 0 Å². The summed E-state index contributed by atoms with van der Waals surface area (Å²) < 4.78 is 42.2. The third-order valence-electron chi connectivity index (χ3n) is 5.12. The van der Waals surface area contributed by atoms with Crippen LogP contribution in [-0.2, 0) is 20.0 Å². The molecule has 0 unspecified atom stereocenters. The van der Waals surface area contributed by atoms with E-state index in [1.165, 1.54) is 24.3 Å². The maximum atomic E-state index is 13.3. The van der Waals surface area contributed by atoms with Gasteiger partial charge in [-0.05, 0) is 42.7 Å². The predicted molar refractivity (Wildman–Crippen MR) is 103 cm³/mol. The zero-order valence-electron chi connectivity index (χ0n) is 15.4. The average molecular weight is 408 g/mol. The van der Waals surface area contributed by atoms with E-state index in [-0.39, 0.29) is 27.5 Å². The summed E-state index contributed by atoms with van der Waals surface area (Å²) in [6, 6.07) is 10.1. The Morgan fingerprint density at radius 1 is 1.18 bits per heavy atom. The molecule has 7 nitrogen and oxygen atoms in total. The van der Waals surface area contributed by atoms with Crippen LogP contribution in [0.25, 0.3) is 0 Å². The molecule has 0 saturated carbocycles. The molecule has 0 aliphatic carbocycles. The molecule has 1 fully saturated rings. The first-order valence-corrected chi connectivity index (χ1v) is 10.7. The molecule has 1 aliphatic heterocycles. The van der Waals surface area contributed by atoms with Gasteiger partial charge in [-0.3, -0.25) is 10.1 Å². The fourth-order valence-corrected chi connectivity index (χ4v) is 4.08. The van der Waals surface area contributed by atoms with Crippen molar-refractivity contribution in [2.24, 2.45) is 0 Å². The molecule has 9 heteroatoms. The fourth-order valence-electron chi connectivity index (χ4n) is 3.44. The van der Waals surface area contributed by atoms with Crippen molar-refractivity contribution in [3.05, 3.63) is 64.0 Å². The summed E-state index contributed by atoms with van der Waals surface area (Å²) in [6.07, 6.45) is 2.37. The lowest BCUT2D eigenvalue weighted by Gasteiger charge is -2.38. The van der Waals surface area contributed by atoms with Crippen LogP contribution in [0.2, 0.25) is 0 Å². The molecular weight excluding hydrogens is 387 g/mol. The summed E-state index contributed by atoms with van der Waals surface area (Å²) in [5.74, 6) is -0.328. The Labute approximate surface area is 162 Å². The summed E-state index contributed by atoms with van der Waals surface area (Å²) >= 11 is 0. The predicted octanol–water partition coefficient (Wildman–Crippen LogP) is 3.30. The van der Waals surface area contributed by atoms with Gasteiger partial charge in [-0.1, -0.05) is 12.1 Å². The summed E-state index contributed by atoms with van der Waals surface area (Å²) in [7, 11) is -3.55. The number of rotatable bonds is 6. The monoisotopic (exact) mass is 408 g/mol. The molecule has 1 heterocycles. The van der Waals surface area contributed by atoms with E-state index < -0.39 is 14.8 Å². The first kappa shape index (κ1) is 20.2. The maximum Gasteiger partial charge on any atom is 0.293 e. The van der Waals surface area contributed by atoms with Crippen LogP contribution in [0.5, 0.6) is 0 Å². The van der Waals surface area contributed by atoms with Crippen LogP contribution < -0.4 is 5.32 Å². The second-order valence-corrected chi connectivity index (χ2v) is 8.98. The summed E-state index contributed by atoms with van der Waals surface area (Å²) in [6.45, 7) is 1.45. The average Bonchev–Trinajstić information content (AvgIpc) is 2.66. The van der Waals surface area contributed by atoms with E-state index in [0.29, 0.717) is 32.6 Å². The van der Waals surface area contributed by atoms with Gasteiger partial charge in [0, 0.05) is 37.5 Å². The molecule has 0 atom stereocenters. The van der Waals surface area contributed by atoms with Crippen LogP contribution in [0.15, 0.2) is 47.4 Å². The second kappa shape index (κ2) is 7.84. The number of benzene rings is 2. The number of nitro groups is 1. The van der Waals surface area contributed by atoms with Gasteiger partial charge >= 0.3 is 0 Å². The third-order valence-corrected chi connectivity index (χ3v) is 6.23. The number of hydrogen-bond acceptors (Lipinski definition) is 6. The van der Waals surface area contributed by atoms with Crippen LogP contribution >= 0.6 is 0 Å². The van der Waals surface area contributed by atoms with Crippen molar-refractivity contribution >= 4 is 21.2 Å². The van der Waals surface area contributed by atoms with Crippen LogP contribution in [0.1, 0.15) is 18.4 Å². The van der Waals surface area contributed by atoms with Crippen molar-refractivity contribution < 1.29 is 22.5 Å². The molecule has 0 radical (unpaired) electrons. The van der Waals surface area contributed by atoms with Crippen molar-refractivity contribution in [1.29, 1.82) is 0 Å². The highest BCUT2D eigenvalue weighted by atomic mass is 32.2. The highest BCUT2D eigenvalue weighted by Crippen LogP contribution is 2.36. The van der Waals surface area contributed by atoms with Crippen LogP contribution in [0, 0.1) is 15.9 Å². The number of sulfone groups is 1. The lowest BCUT2D eigenvalue weighted by molar-refractivity contribution is -0.384. The highest BCUT2D eigenvalue weighted by Gasteiger charge is 2.35. The summed E-state index contributed by atoms with van der Waals surface area (Å²) in [5.41, 5.74) is 0.504. The second-order valence-electron chi connectivity index (χ2n) is 6.96. The molecule has 3 rings (SSSR count). The zero-order valence-corrected chi connectivity index (χ0v) is 16.2. The molecule has 0 amide bonds. The summed E-state index contributed by atoms with van der Waals surface area (Å²) in [5, 5.41) is 14.6. The number of anilines is 1. The molecule has 0 spiro atoms. The van der Waals surface area contributed by atoms with Crippen LogP contribution in [-0.4, -0.2) is 39.4 Å². The minimum atomic E-state index is -3.55. The Morgan fingerprint density at radius 2 is 1.82 bits per heavy atom. The Hall–Kier alpha value is -2.52. The fraction of sp³-hybridized carbons (Fsp3) is 0.368. The molecule has 28 heavy (non-hydrogen) atoms. The zero-order chi connectivity index (χ0) is 20.4. The molecule has 1 saturated heterocycles. The van der Waals surface area contributed by atoms with E-state index in [1.54, 1.807) is 12.1 Å². The number of nitro benzene ring substituents is 1. The lowest BCUT2D eigenvalue weighted by atomic mass is 9.74. The number of halogens is 1. The molecule has 1 N–H and O–H groups in total. The Bertz CT molecular complexity index is 970. The molecule has 2 aromatic rings. The Morgan fingerprint density at radius 3 is 2.39 bits per heavy atom. The first-order chi connectivity index (χ1) is 13.2. The van der Waals surface area contributed by atoms with Crippen LogP contribution in [0.3, 0.4) is 0 Å². The maximum absolute atomic E-state index is 13.3. The Balaban J connectivity index is 1.91. The Kier molecular flexibility index (Phi) is 5.66. The molecular formula is C19H21FN2O5S. The summed E-state index contributed by atoms with van der Waals surface area (Å²) in [4.78, 5) is 10.7. The van der Waals surface area contributed by atoms with Gasteiger partial charge in [0.1, 0.15) is 11.5 Å². The van der Waals surface area contributed by atoms with Crippen molar-refractivity contribution in [3.63, 3.8) is 0 Å². The number of nitrogens with zero attached hydrogens (tertiary/aromatic N) is 1. The van der Waals surface area contributed by atoms with Gasteiger partial charge in [0.25, 0.3) is 5.69 Å². The van der Waals surface area contributed by atoms with E-state index in [2.05, 4.69) is 5.32 Å². The minimum absolute atomic E-state index is 0.107.